The van der Waals surface area contributed by atoms with Gasteiger partial charge in [0.1, 0.15) is 4.11 Å². The van der Waals surface area contributed by atoms with Gasteiger partial charge in [0, 0.05) is 6.61 Å². The molecule has 2 unspecified atom stereocenters. The van der Waals surface area contributed by atoms with E-state index in [1.54, 1.807) is 0 Å². The first kappa shape index (κ1) is 5.82. The monoisotopic (exact) mass is 212 g/mol. The third kappa shape index (κ3) is 1.29. The fourth-order valence-corrected chi connectivity index (χ4v) is 1.28. The molecule has 1 rings (SSSR count). The van der Waals surface area contributed by atoms with Gasteiger partial charge in [-0.3, -0.25) is 0 Å². The van der Waals surface area contributed by atoms with Gasteiger partial charge in [-0.25, -0.2) is 0 Å². The molecular formula is C5H9IO. The minimum absolute atomic E-state index is 0.484. The van der Waals surface area contributed by atoms with E-state index >= 15 is 0 Å². The lowest BCUT2D eigenvalue weighted by molar-refractivity contribution is 0.173. The molecular weight excluding hydrogens is 203 g/mol. The van der Waals surface area contributed by atoms with Crippen molar-refractivity contribution >= 4 is 22.6 Å². The van der Waals surface area contributed by atoms with Crippen molar-refractivity contribution in [1.29, 1.82) is 0 Å². The minimum Gasteiger partial charge on any atom is -0.368 e. The maximum Gasteiger partial charge on any atom is 0.111 e. The van der Waals surface area contributed by atoms with E-state index in [1.165, 1.54) is 6.42 Å². The van der Waals surface area contributed by atoms with E-state index in [4.69, 9.17) is 4.74 Å². The van der Waals surface area contributed by atoms with Crippen LogP contribution in [0.2, 0.25) is 0 Å². The van der Waals surface area contributed by atoms with Gasteiger partial charge in [0.25, 0.3) is 0 Å². The number of ether oxygens (including phenoxy) is 1. The Morgan fingerprint density at radius 1 is 1.71 bits per heavy atom. The lowest BCUT2D eigenvalue weighted by Crippen LogP contribution is -2.01. The molecule has 1 heterocycles. The average molecular weight is 212 g/mol. The summed E-state index contributed by atoms with van der Waals surface area (Å²) in [6.07, 6.45) is 1.24. The van der Waals surface area contributed by atoms with Gasteiger partial charge in [0.2, 0.25) is 0 Å². The second kappa shape index (κ2) is 2.31. The largest absolute Gasteiger partial charge is 0.368 e. The predicted octanol–water partition coefficient (Wildman–Crippen LogP) is 1.80. The van der Waals surface area contributed by atoms with Crippen LogP contribution in [0.1, 0.15) is 13.3 Å². The highest BCUT2D eigenvalue weighted by atomic mass is 127. The fraction of sp³-hybridized carbons (Fsp3) is 1.00. The summed E-state index contributed by atoms with van der Waals surface area (Å²) in [6, 6.07) is 0. The van der Waals surface area contributed by atoms with Crippen LogP contribution in [-0.2, 0) is 4.74 Å². The molecule has 0 saturated carbocycles. The summed E-state index contributed by atoms with van der Waals surface area (Å²) >= 11 is 2.34. The van der Waals surface area contributed by atoms with Crippen molar-refractivity contribution in [2.45, 2.75) is 17.5 Å². The Bertz CT molecular complexity index is 57.1. The number of alkyl halides is 1. The number of rotatable bonds is 0. The Hall–Kier alpha value is 0.690. The zero-order valence-electron chi connectivity index (χ0n) is 4.36. The second-order valence-corrected chi connectivity index (χ2v) is 3.22. The van der Waals surface area contributed by atoms with Crippen LogP contribution < -0.4 is 0 Å². The third-order valence-electron chi connectivity index (χ3n) is 1.30. The van der Waals surface area contributed by atoms with E-state index in [-0.39, 0.29) is 0 Å². The van der Waals surface area contributed by atoms with E-state index in [1.807, 2.05) is 0 Å². The third-order valence-corrected chi connectivity index (χ3v) is 2.88. The summed E-state index contributed by atoms with van der Waals surface area (Å²) < 4.78 is 5.74. The highest BCUT2D eigenvalue weighted by Crippen LogP contribution is 2.24. The normalized spacial score (nSPS) is 42.0. The Morgan fingerprint density at radius 2 is 2.43 bits per heavy atom. The van der Waals surface area contributed by atoms with E-state index < -0.39 is 0 Å². The molecule has 1 saturated heterocycles. The second-order valence-electron chi connectivity index (χ2n) is 1.99. The van der Waals surface area contributed by atoms with Gasteiger partial charge in [0.05, 0.1) is 0 Å². The SMILES string of the molecule is CC1CCOC1I. The molecule has 1 aliphatic rings. The predicted molar refractivity (Wildman–Crippen MR) is 37.5 cm³/mol. The van der Waals surface area contributed by atoms with Crippen LogP contribution in [0.15, 0.2) is 0 Å². The molecule has 0 spiro atoms. The molecule has 42 valence electrons. The number of halogens is 1. The molecule has 0 radical (unpaired) electrons. The molecule has 1 aliphatic heterocycles. The summed E-state index contributed by atoms with van der Waals surface area (Å²) in [7, 11) is 0. The molecule has 7 heavy (non-hydrogen) atoms. The average Bonchev–Trinajstić information content (AvgIpc) is 1.91. The van der Waals surface area contributed by atoms with Crippen molar-refractivity contribution in [3.8, 4) is 0 Å². The summed E-state index contributed by atoms with van der Waals surface area (Å²) in [5, 5.41) is 0. The molecule has 0 aliphatic carbocycles. The van der Waals surface area contributed by atoms with Crippen LogP contribution >= 0.6 is 22.6 Å². The van der Waals surface area contributed by atoms with E-state index in [2.05, 4.69) is 29.5 Å². The van der Waals surface area contributed by atoms with Crippen LogP contribution in [0.3, 0.4) is 0 Å². The van der Waals surface area contributed by atoms with Gasteiger partial charge in [-0.15, -0.1) is 0 Å². The van der Waals surface area contributed by atoms with Crippen LogP contribution in [-0.4, -0.2) is 10.7 Å². The standard InChI is InChI=1S/C5H9IO/c1-4-2-3-7-5(4)6/h4-5H,2-3H2,1H3. The Labute approximate surface area is 57.6 Å². The van der Waals surface area contributed by atoms with Crippen LogP contribution in [0.25, 0.3) is 0 Å². The molecule has 1 nitrogen and oxygen atoms in total. The van der Waals surface area contributed by atoms with Gasteiger partial charge in [-0.05, 0) is 12.3 Å². The first-order valence-corrected chi connectivity index (χ1v) is 3.81. The first-order chi connectivity index (χ1) is 3.30. The molecule has 0 bridgehead atoms. The quantitative estimate of drug-likeness (QED) is 0.439. The van der Waals surface area contributed by atoms with Gasteiger partial charge >= 0.3 is 0 Å². The molecule has 1 fully saturated rings. The highest BCUT2D eigenvalue weighted by molar-refractivity contribution is 14.1. The first-order valence-electron chi connectivity index (χ1n) is 2.56. The smallest absolute Gasteiger partial charge is 0.111 e. The lowest BCUT2D eigenvalue weighted by atomic mass is 10.2. The molecule has 0 amide bonds. The lowest BCUT2D eigenvalue weighted by Gasteiger charge is -2.02. The summed E-state index contributed by atoms with van der Waals surface area (Å²) in [5.74, 6) is 0.778. The van der Waals surface area contributed by atoms with Crippen LogP contribution in [0.5, 0.6) is 0 Å². The zero-order chi connectivity index (χ0) is 5.28. The van der Waals surface area contributed by atoms with Crippen molar-refractivity contribution in [3.63, 3.8) is 0 Å². The maximum atomic E-state index is 5.25. The summed E-state index contributed by atoms with van der Waals surface area (Å²) in [5.41, 5.74) is 0. The fourth-order valence-electron chi connectivity index (χ4n) is 0.662. The van der Waals surface area contributed by atoms with Crippen LogP contribution in [0, 0.1) is 5.92 Å². The van der Waals surface area contributed by atoms with Gasteiger partial charge in [-0.2, -0.15) is 0 Å². The van der Waals surface area contributed by atoms with Crippen molar-refractivity contribution in [2.75, 3.05) is 6.61 Å². The minimum atomic E-state index is 0.484. The van der Waals surface area contributed by atoms with Crippen molar-refractivity contribution in [3.05, 3.63) is 0 Å². The van der Waals surface area contributed by atoms with Gasteiger partial charge in [0.15, 0.2) is 0 Å². The van der Waals surface area contributed by atoms with Crippen molar-refractivity contribution in [1.82, 2.24) is 0 Å². The van der Waals surface area contributed by atoms with Gasteiger partial charge in [-0.1, -0.05) is 29.5 Å². The van der Waals surface area contributed by atoms with Crippen molar-refractivity contribution < 1.29 is 4.74 Å². The number of hydrogen-bond acceptors (Lipinski definition) is 1. The molecule has 2 atom stereocenters. The van der Waals surface area contributed by atoms with E-state index in [0.717, 1.165) is 12.5 Å². The number of hydrogen-bond donors (Lipinski definition) is 0. The zero-order valence-corrected chi connectivity index (χ0v) is 6.51. The summed E-state index contributed by atoms with van der Waals surface area (Å²) in [6.45, 7) is 3.19. The van der Waals surface area contributed by atoms with Crippen LogP contribution in [0.4, 0.5) is 0 Å². The highest BCUT2D eigenvalue weighted by Gasteiger charge is 2.19. The molecule has 0 aromatic rings. The maximum absolute atomic E-state index is 5.25. The van der Waals surface area contributed by atoms with E-state index in [0.29, 0.717) is 4.11 Å². The topological polar surface area (TPSA) is 9.23 Å². The Kier molecular flexibility index (Phi) is 1.92. The Morgan fingerprint density at radius 3 is 2.57 bits per heavy atom. The van der Waals surface area contributed by atoms with Crippen molar-refractivity contribution in [2.24, 2.45) is 5.92 Å². The molecule has 0 aromatic heterocycles. The molecule has 2 heteroatoms. The molecule has 0 aromatic carbocycles. The molecule has 0 N–H and O–H groups in total. The Balaban J connectivity index is 2.33. The van der Waals surface area contributed by atoms with E-state index in [9.17, 15) is 0 Å². The summed E-state index contributed by atoms with van der Waals surface area (Å²) in [4.78, 5) is 0. The van der Waals surface area contributed by atoms with Gasteiger partial charge < -0.3 is 4.74 Å².